The van der Waals surface area contributed by atoms with Crippen molar-refractivity contribution in [3.63, 3.8) is 0 Å². The summed E-state index contributed by atoms with van der Waals surface area (Å²) in [6, 6.07) is 7.36. The van der Waals surface area contributed by atoms with Crippen molar-refractivity contribution in [1.29, 1.82) is 0 Å². The van der Waals surface area contributed by atoms with E-state index in [4.69, 9.17) is 5.11 Å². The van der Waals surface area contributed by atoms with Crippen molar-refractivity contribution in [2.24, 2.45) is 0 Å². The van der Waals surface area contributed by atoms with Crippen LogP contribution in [-0.4, -0.2) is 25.8 Å². The second kappa shape index (κ2) is 4.51. The van der Waals surface area contributed by atoms with Gasteiger partial charge in [0, 0.05) is 4.47 Å². The zero-order valence-corrected chi connectivity index (χ0v) is 11.2. The Morgan fingerprint density at radius 2 is 2.32 bits per heavy atom. The van der Waals surface area contributed by atoms with Gasteiger partial charge >= 0.3 is 5.97 Å². The molecule has 0 bridgehead atoms. The monoisotopic (exact) mass is 320 g/mol. The third kappa shape index (κ3) is 2.12. The van der Waals surface area contributed by atoms with E-state index in [0.29, 0.717) is 5.95 Å². The molecule has 96 valence electrons. The van der Waals surface area contributed by atoms with Crippen LogP contribution in [0, 0.1) is 0 Å². The second-order valence-electron chi connectivity index (χ2n) is 4.04. The van der Waals surface area contributed by atoms with Crippen LogP contribution >= 0.6 is 15.9 Å². The van der Waals surface area contributed by atoms with Crippen LogP contribution in [0.2, 0.25) is 0 Å². The lowest BCUT2D eigenvalue weighted by molar-refractivity contribution is -0.132. The van der Waals surface area contributed by atoms with Gasteiger partial charge in [-0.3, -0.25) is 0 Å². The number of allylic oxidation sites excluding steroid dienone is 1. The molecule has 6 nitrogen and oxygen atoms in total. The first kappa shape index (κ1) is 11.9. The maximum atomic E-state index is 11.1. The van der Waals surface area contributed by atoms with Crippen molar-refractivity contribution in [3.8, 4) is 0 Å². The van der Waals surface area contributed by atoms with Gasteiger partial charge < -0.3 is 10.4 Å². The summed E-state index contributed by atoms with van der Waals surface area (Å²) >= 11 is 3.41. The number of aliphatic carboxylic acids is 1. The highest BCUT2D eigenvalue weighted by Crippen LogP contribution is 2.29. The predicted molar refractivity (Wildman–Crippen MR) is 71.6 cm³/mol. The highest BCUT2D eigenvalue weighted by atomic mass is 79.9. The molecule has 1 aliphatic rings. The molecule has 3 rings (SSSR count). The number of hydrogen-bond donors (Lipinski definition) is 2. The summed E-state index contributed by atoms with van der Waals surface area (Å²) in [4.78, 5) is 15.1. The third-order valence-corrected chi connectivity index (χ3v) is 3.32. The summed E-state index contributed by atoms with van der Waals surface area (Å²) in [5.41, 5.74) is 1.03. The van der Waals surface area contributed by atoms with Crippen molar-refractivity contribution in [1.82, 2.24) is 14.8 Å². The van der Waals surface area contributed by atoms with Crippen molar-refractivity contribution < 1.29 is 9.90 Å². The van der Waals surface area contributed by atoms with Crippen LogP contribution < -0.4 is 5.32 Å². The number of nitrogens with one attached hydrogen (secondary N) is 1. The molecule has 2 aromatic rings. The number of carboxylic acids is 1. The average Bonchev–Trinajstić information content (AvgIpc) is 2.85. The molecule has 0 saturated heterocycles. The quantitative estimate of drug-likeness (QED) is 0.885. The van der Waals surface area contributed by atoms with Crippen LogP contribution in [0.15, 0.2) is 46.8 Å². The van der Waals surface area contributed by atoms with Gasteiger partial charge in [-0.2, -0.15) is 10.1 Å². The Balaban J connectivity index is 2.11. The van der Waals surface area contributed by atoms with Gasteiger partial charge in [0.25, 0.3) is 0 Å². The first-order chi connectivity index (χ1) is 9.15. The Morgan fingerprint density at radius 1 is 1.47 bits per heavy atom. The molecule has 19 heavy (non-hydrogen) atoms. The molecule has 0 saturated carbocycles. The normalized spacial score (nSPS) is 17.3. The molecule has 0 spiro atoms. The van der Waals surface area contributed by atoms with Crippen LogP contribution in [-0.2, 0) is 4.79 Å². The minimum Gasteiger partial charge on any atom is -0.477 e. The predicted octanol–water partition coefficient (Wildman–Crippen LogP) is 2.02. The molecule has 1 atom stereocenters. The van der Waals surface area contributed by atoms with E-state index in [2.05, 4.69) is 31.3 Å². The highest BCUT2D eigenvalue weighted by Gasteiger charge is 2.25. The number of carboxylic acid groups (broad SMARTS) is 1. The first-order valence-corrected chi connectivity index (χ1v) is 6.31. The SMILES string of the molecule is O=C(O)C1=C[C@H](c2cccc(Br)c2)n2ncnc2N1. The van der Waals surface area contributed by atoms with Gasteiger partial charge in [0.05, 0.1) is 0 Å². The van der Waals surface area contributed by atoms with Crippen LogP contribution in [0.3, 0.4) is 0 Å². The number of anilines is 1. The Labute approximate surface area is 116 Å². The number of nitrogens with zero attached hydrogens (tertiary/aromatic N) is 3. The lowest BCUT2D eigenvalue weighted by Gasteiger charge is -2.22. The average molecular weight is 321 g/mol. The number of fused-ring (bicyclic) bond motifs is 1. The third-order valence-electron chi connectivity index (χ3n) is 2.83. The van der Waals surface area contributed by atoms with E-state index in [-0.39, 0.29) is 11.7 Å². The topological polar surface area (TPSA) is 80.0 Å². The Hall–Kier alpha value is -2.15. The van der Waals surface area contributed by atoms with Crippen LogP contribution in [0.1, 0.15) is 11.6 Å². The van der Waals surface area contributed by atoms with E-state index in [9.17, 15) is 4.79 Å². The van der Waals surface area contributed by atoms with Crippen molar-refractivity contribution in [2.75, 3.05) is 5.32 Å². The second-order valence-corrected chi connectivity index (χ2v) is 4.95. The van der Waals surface area contributed by atoms with Crippen LogP contribution in [0.4, 0.5) is 5.95 Å². The first-order valence-electron chi connectivity index (χ1n) is 5.52. The van der Waals surface area contributed by atoms with Crippen molar-refractivity contribution in [2.45, 2.75) is 6.04 Å². The van der Waals surface area contributed by atoms with Gasteiger partial charge in [-0.05, 0) is 23.8 Å². The lowest BCUT2D eigenvalue weighted by Crippen LogP contribution is -2.24. The number of aromatic nitrogens is 3. The molecule has 2 N–H and O–H groups in total. The van der Waals surface area contributed by atoms with Gasteiger partial charge in [-0.15, -0.1) is 0 Å². The van der Waals surface area contributed by atoms with Crippen LogP contribution in [0.25, 0.3) is 0 Å². The van der Waals surface area contributed by atoms with E-state index in [1.54, 1.807) is 10.8 Å². The fraction of sp³-hybridized carbons (Fsp3) is 0.0833. The Bertz CT molecular complexity index is 680. The fourth-order valence-corrected chi connectivity index (χ4v) is 2.40. The van der Waals surface area contributed by atoms with E-state index in [1.165, 1.54) is 6.33 Å². The number of benzene rings is 1. The van der Waals surface area contributed by atoms with Gasteiger partial charge in [0.1, 0.15) is 18.1 Å². The standard InChI is InChI=1S/C12H9BrN4O2/c13-8-3-1-2-7(4-8)10-5-9(11(18)19)16-12-14-6-15-17(10)12/h1-6,10H,(H,18,19)(H,14,15,16)/t10-/m1/s1. The molecule has 0 fully saturated rings. The minimum atomic E-state index is -1.02. The van der Waals surface area contributed by atoms with Crippen molar-refractivity contribution in [3.05, 3.63) is 52.4 Å². The van der Waals surface area contributed by atoms with Gasteiger partial charge in [-0.1, -0.05) is 28.1 Å². The molecule has 1 aliphatic heterocycles. The Morgan fingerprint density at radius 3 is 3.05 bits per heavy atom. The maximum Gasteiger partial charge on any atom is 0.352 e. The number of carbonyl (C=O) groups is 1. The molecule has 0 aliphatic carbocycles. The summed E-state index contributed by atoms with van der Waals surface area (Å²) in [5.74, 6) is -0.598. The largest absolute Gasteiger partial charge is 0.477 e. The smallest absolute Gasteiger partial charge is 0.352 e. The molecule has 0 unspecified atom stereocenters. The van der Waals surface area contributed by atoms with E-state index < -0.39 is 5.97 Å². The summed E-state index contributed by atoms with van der Waals surface area (Å²) in [5, 5.41) is 16.0. The van der Waals surface area contributed by atoms with Gasteiger partial charge in [0.15, 0.2) is 0 Å². The minimum absolute atomic E-state index is 0.102. The fourth-order valence-electron chi connectivity index (χ4n) is 1.99. The molecular formula is C12H9BrN4O2. The molecule has 1 aromatic heterocycles. The molecule has 0 radical (unpaired) electrons. The summed E-state index contributed by atoms with van der Waals surface area (Å²) in [6.45, 7) is 0. The molecule has 2 heterocycles. The summed E-state index contributed by atoms with van der Waals surface area (Å²) in [6.07, 6.45) is 3.01. The van der Waals surface area contributed by atoms with Crippen molar-refractivity contribution >= 4 is 27.8 Å². The summed E-state index contributed by atoms with van der Waals surface area (Å²) < 4.78 is 2.57. The molecule has 7 heteroatoms. The maximum absolute atomic E-state index is 11.1. The number of rotatable bonds is 2. The van der Waals surface area contributed by atoms with Crippen LogP contribution in [0.5, 0.6) is 0 Å². The molecule has 1 aromatic carbocycles. The zero-order chi connectivity index (χ0) is 13.4. The van der Waals surface area contributed by atoms with E-state index in [1.807, 2.05) is 24.3 Å². The highest BCUT2D eigenvalue weighted by molar-refractivity contribution is 9.10. The lowest BCUT2D eigenvalue weighted by atomic mass is 10.0. The number of hydrogen-bond acceptors (Lipinski definition) is 4. The zero-order valence-electron chi connectivity index (χ0n) is 9.62. The van der Waals surface area contributed by atoms with Gasteiger partial charge in [0.2, 0.25) is 5.95 Å². The summed E-state index contributed by atoms with van der Waals surface area (Å²) in [7, 11) is 0. The molecule has 0 amide bonds. The van der Waals surface area contributed by atoms with E-state index >= 15 is 0 Å². The molecular weight excluding hydrogens is 312 g/mol. The van der Waals surface area contributed by atoms with E-state index in [0.717, 1.165) is 10.0 Å². The number of halogens is 1. The van der Waals surface area contributed by atoms with Gasteiger partial charge in [-0.25, -0.2) is 9.48 Å². The Kier molecular flexibility index (Phi) is 2.83.